The van der Waals surface area contributed by atoms with E-state index in [1.165, 1.54) is 0 Å². The van der Waals surface area contributed by atoms with Gasteiger partial charge in [0, 0.05) is 0 Å². The molecule has 20 heavy (non-hydrogen) atoms. The molecule has 110 valence electrons. The lowest BCUT2D eigenvalue weighted by Gasteiger charge is -2.17. The van der Waals surface area contributed by atoms with Gasteiger partial charge in [-0.05, 0) is 49.8 Å². The van der Waals surface area contributed by atoms with Crippen LogP contribution in [0.3, 0.4) is 0 Å². The molecule has 0 saturated carbocycles. The van der Waals surface area contributed by atoms with Crippen molar-refractivity contribution in [2.75, 3.05) is 0 Å². The highest BCUT2D eigenvalue weighted by Gasteiger charge is 2.34. The van der Waals surface area contributed by atoms with Gasteiger partial charge in [0.2, 0.25) is 0 Å². The Bertz CT molecular complexity index is 505. The Kier molecular flexibility index (Phi) is 4.48. The minimum absolute atomic E-state index is 0.182. The van der Waals surface area contributed by atoms with E-state index in [9.17, 15) is 22.7 Å². The second kappa shape index (κ2) is 5.95. The molecule has 0 fully saturated rings. The average molecular weight is 288 g/mol. The second-order valence-electron chi connectivity index (χ2n) is 5.07. The third-order valence-electron chi connectivity index (χ3n) is 3.52. The number of aliphatic hydroxyl groups is 1. The smallest absolute Gasteiger partial charge is 0.388 e. The summed E-state index contributed by atoms with van der Waals surface area (Å²) in [5.74, 6) is -1.34. The Morgan fingerprint density at radius 2 is 1.95 bits per heavy atom. The molecule has 2 rings (SSSR count). The van der Waals surface area contributed by atoms with Crippen LogP contribution in [0.5, 0.6) is 0 Å². The van der Waals surface area contributed by atoms with Crippen molar-refractivity contribution in [2.45, 2.75) is 44.4 Å². The molecule has 0 radical (unpaired) electrons. The summed E-state index contributed by atoms with van der Waals surface area (Å²) < 4.78 is 50.8. The Balaban J connectivity index is 2.12. The van der Waals surface area contributed by atoms with Crippen molar-refractivity contribution in [2.24, 2.45) is 0 Å². The van der Waals surface area contributed by atoms with E-state index in [0.29, 0.717) is 12.5 Å². The first-order chi connectivity index (χ1) is 9.38. The summed E-state index contributed by atoms with van der Waals surface area (Å²) in [6.07, 6.45) is 0.756. The van der Waals surface area contributed by atoms with Crippen LogP contribution >= 0.6 is 0 Å². The normalized spacial score (nSPS) is 17.8. The fraction of sp³-hybridized carbons (Fsp3) is 0.467. The lowest BCUT2D eigenvalue weighted by molar-refractivity contribution is -0.140. The molecular formula is C15H16F4O. The van der Waals surface area contributed by atoms with E-state index in [1.807, 2.05) is 6.08 Å². The molecule has 1 atom stereocenters. The SMILES string of the molecule is OC(CC1=CCCCC1)c1ccc(C(F)(F)F)c(F)c1. The molecule has 0 heterocycles. The van der Waals surface area contributed by atoms with Gasteiger partial charge in [0.25, 0.3) is 0 Å². The number of hydrogen-bond donors (Lipinski definition) is 1. The summed E-state index contributed by atoms with van der Waals surface area (Å²) in [7, 11) is 0. The molecule has 1 unspecified atom stereocenters. The summed E-state index contributed by atoms with van der Waals surface area (Å²) >= 11 is 0. The predicted octanol–water partition coefficient (Wildman–Crippen LogP) is 4.77. The van der Waals surface area contributed by atoms with Gasteiger partial charge in [0.1, 0.15) is 5.82 Å². The number of hydrogen-bond acceptors (Lipinski definition) is 1. The van der Waals surface area contributed by atoms with Gasteiger partial charge >= 0.3 is 6.18 Å². The first kappa shape index (κ1) is 15.0. The monoisotopic (exact) mass is 288 g/mol. The molecule has 0 amide bonds. The zero-order valence-corrected chi connectivity index (χ0v) is 10.9. The summed E-state index contributed by atoms with van der Waals surface area (Å²) in [4.78, 5) is 0. The Morgan fingerprint density at radius 1 is 1.20 bits per heavy atom. The predicted molar refractivity (Wildman–Crippen MR) is 67.5 cm³/mol. The summed E-state index contributed by atoms with van der Waals surface area (Å²) in [6, 6.07) is 2.60. The van der Waals surface area contributed by atoms with Gasteiger partial charge in [-0.15, -0.1) is 0 Å². The van der Waals surface area contributed by atoms with Crippen molar-refractivity contribution in [3.05, 3.63) is 46.8 Å². The second-order valence-corrected chi connectivity index (χ2v) is 5.07. The molecule has 1 aromatic carbocycles. The van der Waals surface area contributed by atoms with Crippen LogP contribution in [0.15, 0.2) is 29.8 Å². The van der Waals surface area contributed by atoms with Crippen LogP contribution in [-0.4, -0.2) is 5.11 Å². The fourth-order valence-electron chi connectivity index (χ4n) is 2.42. The molecule has 1 aliphatic rings. The van der Waals surface area contributed by atoms with Crippen LogP contribution in [0.1, 0.15) is 49.3 Å². The summed E-state index contributed by atoms with van der Waals surface area (Å²) in [6.45, 7) is 0. The zero-order valence-electron chi connectivity index (χ0n) is 10.9. The summed E-state index contributed by atoms with van der Waals surface area (Å²) in [5.41, 5.74) is -0.0311. The van der Waals surface area contributed by atoms with E-state index in [4.69, 9.17) is 0 Å². The Hall–Kier alpha value is -1.36. The highest BCUT2D eigenvalue weighted by Crippen LogP contribution is 2.34. The van der Waals surface area contributed by atoms with Crippen LogP contribution in [0.25, 0.3) is 0 Å². The van der Waals surface area contributed by atoms with Crippen molar-refractivity contribution in [1.82, 2.24) is 0 Å². The number of allylic oxidation sites excluding steroid dienone is 1. The fourth-order valence-corrected chi connectivity index (χ4v) is 2.42. The van der Waals surface area contributed by atoms with Crippen LogP contribution in [0.4, 0.5) is 17.6 Å². The maximum absolute atomic E-state index is 13.4. The molecule has 5 heteroatoms. The number of halogens is 4. The number of benzene rings is 1. The molecule has 0 aromatic heterocycles. The zero-order chi connectivity index (χ0) is 14.8. The lowest BCUT2D eigenvalue weighted by atomic mass is 9.92. The third kappa shape index (κ3) is 3.60. The molecule has 1 nitrogen and oxygen atoms in total. The molecule has 0 spiro atoms. The van der Waals surface area contributed by atoms with Gasteiger partial charge in [0.05, 0.1) is 11.7 Å². The molecule has 0 bridgehead atoms. The average Bonchev–Trinajstić information content (AvgIpc) is 2.38. The Morgan fingerprint density at radius 3 is 2.50 bits per heavy atom. The van der Waals surface area contributed by atoms with Crippen LogP contribution in [-0.2, 0) is 6.18 Å². The van der Waals surface area contributed by atoms with Crippen molar-refractivity contribution < 1.29 is 22.7 Å². The molecule has 0 aliphatic heterocycles. The first-order valence-corrected chi connectivity index (χ1v) is 6.60. The maximum Gasteiger partial charge on any atom is 0.419 e. The van der Waals surface area contributed by atoms with Gasteiger partial charge in [-0.2, -0.15) is 13.2 Å². The minimum atomic E-state index is -4.71. The summed E-state index contributed by atoms with van der Waals surface area (Å²) in [5, 5.41) is 10.0. The standard InChI is InChI=1S/C15H16F4O/c16-13-9-11(6-7-12(13)15(17,18)19)14(20)8-10-4-2-1-3-5-10/h4,6-7,9,14,20H,1-3,5,8H2. The van der Waals surface area contributed by atoms with Crippen molar-refractivity contribution >= 4 is 0 Å². The Labute approximate surface area is 114 Å². The quantitative estimate of drug-likeness (QED) is 0.627. The van der Waals surface area contributed by atoms with E-state index in [0.717, 1.165) is 43.4 Å². The van der Waals surface area contributed by atoms with Crippen molar-refractivity contribution in [3.8, 4) is 0 Å². The first-order valence-electron chi connectivity index (χ1n) is 6.60. The van der Waals surface area contributed by atoms with Crippen molar-refractivity contribution in [1.29, 1.82) is 0 Å². The van der Waals surface area contributed by atoms with E-state index in [2.05, 4.69) is 0 Å². The molecule has 1 aliphatic carbocycles. The lowest BCUT2D eigenvalue weighted by Crippen LogP contribution is -2.09. The topological polar surface area (TPSA) is 20.2 Å². The van der Waals surface area contributed by atoms with E-state index >= 15 is 0 Å². The largest absolute Gasteiger partial charge is 0.419 e. The van der Waals surface area contributed by atoms with Crippen LogP contribution in [0.2, 0.25) is 0 Å². The highest BCUT2D eigenvalue weighted by molar-refractivity contribution is 5.28. The van der Waals surface area contributed by atoms with Crippen molar-refractivity contribution in [3.63, 3.8) is 0 Å². The van der Waals surface area contributed by atoms with E-state index < -0.39 is 23.7 Å². The highest BCUT2D eigenvalue weighted by atomic mass is 19.4. The van der Waals surface area contributed by atoms with Gasteiger partial charge in [-0.25, -0.2) is 4.39 Å². The molecule has 1 N–H and O–H groups in total. The maximum atomic E-state index is 13.4. The van der Waals surface area contributed by atoms with E-state index in [-0.39, 0.29) is 5.56 Å². The van der Waals surface area contributed by atoms with Crippen LogP contribution < -0.4 is 0 Å². The number of rotatable bonds is 3. The van der Waals surface area contributed by atoms with Crippen LogP contribution in [0, 0.1) is 5.82 Å². The minimum Gasteiger partial charge on any atom is -0.388 e. The van der Waals surface area contributed by atoms with Gasteiger partial charge < -0.3 is 5.11 Å². The molecule has 1 aromatic rings. The van der Waals surface area contributed by atoms with E-state index in [1.54, 1.807) is 0 Å². The number of alkyl halides is 3. The third-order valence-corrected chi connectivity index (χ3v) is 3.52. The molecular weight excluding hydrogens is 272 g/mol. The van der Waals surface area contributed by atoms with Gasteiger partial charge in [-0.3, -0.25) is 0 Å². The molecule has 0 saturated heterocycles. The number of aliphatic hydroxyl groups excluding tert-OH is 1. The van der Waals surface area contributed by atoms with Gasteiger partial charge in [0.15, 0.2) is 0 Å². The van der Waals surface area contributed by atoms with Gasteiger partial charge in [-0.1, -0.05) is 17.7 Å².